The zero-order valence-electron chi connectivity index (χ0n) is 8.30. The van der Waals surface area contributed by atoms with Crippen LogP contribution in [0.4, 0.5) is 5.95 Å². The second kappa shape index (κ2) is 4.45. The molecule has 0 amide bonds. The van der Waals surface area contributed by atoms with E-state index in [1.165, 1.54) is 0 Å². The van der Waals surface area contributed by atoms with Crippen LogP contribution in [0.25, 0.3) is 0 Å². The van der Waals surface area contributed by atoms with Crippen LogP contribution < -0.4 is 10.1 Å². The molecule has 0 bridgehead atoms. The van der Waals surface area contributed by atoms with E-state index in [-0.39, 0.29) is 0 Å². The Morgan fingerprint density at radius 3 is 3.13 bits per heavy atom. The van der Waals surface area contributed by atoms with Crippen molar-refractivity contribution in [2.24, 2.45) is 0 Å². The Kier molecular flexibility index (Phi) is 2.82. The van der Waals surface area contributed by atoms with E-state index >= 15 is 0 Å². The van der Waals surface area contributed by atoms with Gasteiger partial charge in [0.1, 0.15) is 12.4 Å². The van der Waals surface area contributed by atoms with Gasteiger partial charge in [0.25, 0.3) is 0 Å². The lowest BCUT2D eigenvalue weighted by Crippen LogP contribution is -2.00. The Bertz CT molecular complexity index is 414. The predicted molar refractivity (Wildman–Crippen MR) is 54.6 cm³/mol. The molecule has 15 heavy (non-hydrogen) atoms. The minimum atomic E-state index is 0.368. The summed E-state index contributed by atoms with van der Waals surface area (Å²) in [4.78, 5) is 8.08. The van der Waals surface area contributed by atoms with Crippen molar-refractivity contribution in [1.82, 2.24) is 9.97 Å². The molecule has 0 unspecified atom stereocenters. The van der Waals surface area contributed by atoms with Gasteiger partial charge >= 0.3 is 0 Å². The molecule has 0 saturated carbocycles. The van der Waals surface area contributed by atoms with E-state index in [0.29, 0.717) is 18.4 Å². The second-order valence-corrected chi connectivity index (χ2v) is 2.84. The molecule has 78 valence electrons. The van der Waals surface area contributed by atoms with Crippen molar-refractivity contribution in [3.8, 4) is 5.88 Å². The van der Waals surface area contributed by atoms with Gasteiger partial charge in [-0.1, -0.05) is 0 Å². The Balaban J connectivity index is 1.98. The number of ether oxygens (including phenoxy) is 1. The Morgan fingerprint density at radius 1 is 1.47 bits per heavy atom. The van der Waals surface area contributed by atoms with Crippen LogP contribution in [0.2, 0.25) is 0 Å². The monoisotopic (exact) mass is 205 g/mol. The normalized spacial score (nSPS) is 9.93. The van der Waals surface area contributed by atoms with Gasteiger partial charge in [0.15, 0.2) is 0 Å². The maximum absolute atomic E-state index is 5.41. The van der Waals surface area contributed by atoms with Gasteiger partial charge in [-0.2, -0.15) is 4.98 Å². The summed E-state index contributed by atoms with van der Waals surface area (Å²) in [5.74, 6) is 1.82. The van der Waals surface area contributed by atoms with Crippen LogP contribution in [-0.2, 0) is 6.61 Å². The van der Waals surface area contributed by atoms with Gasteiger partial charge in [-0.05, 0) is 12.1 Å². The smallest absolute Gasteiger partial charge is 0.225 e. The Hall–Kier alpha value is -2.04. The van der Waals surface area contributed by atoms with Crippen molar-refractivity contribution in [2.75, 3.05) is 12.4 Å². The number of anilines is 1. The highest BCUT2D eigenvalue weighted by atomic mass is 16.5. The lowest BCUT2D eigenvalue weighted by molar-refractivity contribution is 0.260. The van der Waals surface area contributed by atoms with Crippen molar-refractivity contribution in [3.05, 3.63) is 36.4 Å². The summed E-state index contributed by atoms with van der Waals surface area (Å²) in [5.41, 5.74) is 0. The average molecular weight is 205 g/mol. The maximum atomic E-state index is 5.41. The second-order valence-electron chi connectivity index (χ2n) is 2.84. The summed E-state index contributed by atoms with van der Waals surface area (Å²) in [7, 11) is 1.76. The highest BCUT2D eigenvalue weighted by Gasteiger charge is 2.00. The average Bonchev–Trinajstić information content (AvgIpc) is 2.79. The van der Waals surface area contributed by atoms with E-state index in [0.717, 1.165) is 5.76 Å². The van der Waals surface area contributed by atoms with E-state index in [1.807, 2.05) is 12.1 Å². The van der Waals surface area contributed by atoms with Crippen molar-refractivity contribution in [3.63, 3.8) is 0 Å². The molecule has 0 aliphatic rings. The van der Waals surface area contributed by atoms with Crippen LogP contribution >= 0.6 is 0 Å². The Morgan fingerprint density at radius 2 is 2.40 bits per heavy atom. The third kappa shape index (κ3) is 2.46. The summed E-state index contributed by atoms with van der Waals surface area (Å²) in [6, 6.07) is 5.36. The number of hydrogen-bond donors (Lipinski definition) is 1. The number of nitrogens with one attached hydrogen (secondary N) is 1. The van der Waals surface area contributed by atoms with Gasteiger partial charge in [0.05, 0.1) is 6.26 Å². The highest BCUT2D eigenvalue weighted by molar-refractivity contribution is 5.26. The molecule has 1 N–H and O–H groups in total. The summed E-state index contributed by atoms with van der Waals surface area (Å²) in [6.07, 6.45) is 3.24. The summed E-state index contributed by atoms with van der Waals surface area (Å²) in [5, 5.41) is 2.83. The largest absolute Gasteiger partial charge is 0.469 e. The summed E-state index contributed by atoms with van der Waals surface area (Å²) in [6.45, 7) is 0.368. The first-order chi connectivity index (χ1) is 7.38. The van der Waals surface area contributed by atoms with Crippen molar-refractivity contribution in [2.45, 2.75) is 6.61 Å². The molecule has 0 radical (unpaired) electrons. The molecule has 0 atom stereocenters. The van der Waals surface area contributed by atoms with Crippen molar-refractivity contribution < 1.29 is 9.15 Å². The molecule has 0 saturated heterocycles. The van der Waals surface area contributed by atoms with Gasteiger partial charge < -0.3 is 14.5 Å². The first-order valence-corrected chi connectivity index (χ1v) is 4.54. The molecule has 0 spiro atoms. The fourth-order valence-corrected chi connectivity index (χ4v) is 1.08. The predicted octanol–water partition coefficient (Wildman–Crippen LogP) is 1.69. The zero-order valence-corrected chi connectivity index (χ0v) is 8.30. The quantitative estimate of drug-likeness (QED) is 0.823. The molecule has 2 aromatic rings. The van der Waals surface area contributed by atoms with Gasteiger partial charge in [0.2, 0.25) is 11.8 Å². The third-order valence-electron chi connectivity index (χ3n) is 1.80. The molecule has 2 aromatic heterocycles. The molecule has 0 aliphatic heterocycles. The molecular formula is C10H11N3O2. The minimum Gasteiger partial charge on any atom is -0.469 e. The van der Waals surface area contributed by atoms with E-state index in [4.69, 9.17) is 9.15 Å². The Labute approximate surface area is 87.1 Å². The molecular weight excluding hydrogens is 194 g/mol. The number of furan rings is 1. The first kappa shape index (κ1) is 9.51. The molecule has 0 fully saturated rings. The van der Waals surface area contributed by atoms with E-state index in [2.05, 4.69) is 15.3 Å². The molecule has 5 nitrogen and oxygen atoms in total. The van der Waals surface area contributed by atoms with Crippen molar-refractivity contribution >= 4 is 5.95 Å². The van der Waals surface area contributed by atoms with Crippen LogP contribution in [0, 0.1) is 0 Å². The van der Waals surface area contributed by atoms with Crippen molar-refractivity contribution in [1.29, 1.82) is 0 Å². The fourth-order valence-electron chi connectivity index (χ4n) is 1.08. The van der Waals surface area contributed by atoms with E-state index in [1.54, 1.807) is 25.6 Å². The minimum absolute atomic E-state index is 0.368. The van der Waals surface area contributed by atoms with Crippen LogP contribution in [0.3, 0.4) is 0 Å². The van der Waals surface area contributed by atoms with Gasteiger partial charge in [-0.15, -0.1) is 0 Å². The standard InChI is InChI=1S/C10H11N3O2/c1-11-10-12-5-4-9(13-10)15-7-8-3-2-6-14-8/h2-6H,7H2,1H3,(H,11,12,13). The third-order valence-corrected chi connectivity index (χ3v) is 1.80. The summed E-state index contributed by atoms with van der Waals surface area (Å²) < 4.78 is 10.5. The van der Waals surface area contributed by atoms with E-state index < -0.39 is 0 Å². The van der Waals surface area contributed by atoms with Crippen LogP contribution in [0.1, 0.15) is 5.76 Å². The maximum Gasteiger partial charge on any atom is 0.225 e. The van der Waals surface area contributed by atoms with Crippen LogP contribution in [0.15, 0.2) is 35.1 Å². The van der Waals surface area contributed by atoms with Gasteiger partial charge in [0, 0.05) is 19.3 Å². The van der Waals surface area contributed by atoms with Gasteiger partial charge in [-0.25, -0.2) is 4.98 Å². The van der Waals surface area contributed by atoms with E-state index in [9.17, 15) is 0 Å². The molecule has 2 heterocycles. The lowest BCUT2D eigenvalue weighted by atomic mass is 10.5. The molecule has 2 rings (SSSR count). The zero-order chi connectivity index (χ0) is 10.5. The van der Waals surface area contributed by atoms with Gasteiger partial charge in [-0.3, -0.25) is 0 Å². The number of rotatable bonds is 4. The number of nitrogens with zero attached hydrogens (tertiary/aromatic N) is 2. The topological polar surface area (TPSA) is 60.2 Å². The lowest BCUT2D eigenvalue weighted by Gasteiger charge is -2.03. The first-order valence-electron chi connectivity index (χ1n) is 4.54. The molecule has 0 aromatic carbocycles. The number of hydrogen-bond acceptors (Lipinski definition) is 5. The van der Waals surface area contributed by atoms with Crippen LogP contribution in [-0.4, -0.2) is 17.0 Å². The fraction of sp³-hybridized carbons (Fsp3) is 0.200. The summed E-state index contributed by atoms with van der Waals surface area (Å²) >= 11 is 0. The highest BCUT2D eigenvalue weighted by Crippen LogP contribution is 2.10. The SMILES string of the molecule is CNc1nccc(OCc2ccco2)n1. The molecule has 5 heteroatoms. The number of aromatic nitrogens is 2. The van der Waals surface area contributed by atoms with Crippen LogP contribution in [0.5, 0.6) is 5.88 Å². The molecule has 0 aliphatic carbocycles.